The van der Waals surface area contributed by atoms with E-state index in [9.17, 15) is 14.0 Å². The molecular weight excluding hydrogens is 538 g/mol. The van der Waals surface area contributed by atoms with Crippen molar-refractivity contribution >= 4 is 50.0 Å². The summed E-state index contributed by atoms with van der Waals surface area (Å²) in [5.41, 5.74) is 2.57. The van der Waals surface area contributed by atoms with Crippen LogP contribution in [0.25, 0.3) is 27.1 Å². The lowest BCUT2D eigenvalue weighted by atomic mass is 10.1. The SMILES string of the molecule is CN(C)c1c(C(=O)Nc2ccc(Oc3ccnc4[nH]ccc34)c(F)c2)c(=O)n(-c2ccc(F)cc2)c2scnc12. The predicted octanol–water partition coefficient (Wildman–Crippen LogP) is 5.71. The largest absolute Gasteiger partial charge is 0.453 e. The molecule has 9 nitrogen and oxygen atoms in total. The topological polar surface area (TPSA) is 105 Å². The van der Waals surface area contributed by atoms with Crippen LogP contribution in [0.15, 0.2) is 77.3 Å². The number of benzene rings is 2. The van der Waals surface area contributed by atoms with Crippen molar-refractivity contribution in [3.05, 3.63) is 100 Å². The maximum Gasteiger partial charge on any atom is 0.271 e. The molecule has 6 aromatic rings. The summed E-state index contributed by atoms with van der Waals surface area (Å²) in [6.45, 7) is 0. The van der Waals surface area contributed by atoms with Crippen molar-refractivity contribution in [2.24, 2.45) is 0 Å². The third-order valence-corrected chi connectivity index (χ3v) is 7.03. The van der Waals surface area contributed by atoms with E-state index in [1.807, 2.05) is 0 Å². The number of halogens is 2. The first kappa shape index (κ1) is 25.2. The predicted molar refractivity (Wildman–Crippen MR) is 150 cm³/mol. The number of anilines is 2. The fraction of sp³-hybridized carbons (Fsp3) is 0.0714. The van der Waals surface area contributed by atoms with Crippen molar-refractivity contribution in [1.82, 2.24) is 19.5 Å². The third kappa shape index (κ3) is 4.33. The number of aromatic nitrogens is 4. The van der Waals surface area contributed by atoms with Crippen LogP contribution in [-0.2, 0) is 0 Å². The number of H-pyrrole nitrogens is 1. The summed E-state index contributed by atoms with van der Waals surface area (Å²) < 4.78 is 35.8. The number of aromatic amines is 1. The van der Waals surface area contributed by atoms with E-state index < -0.39 is 23.1 Å². The quantitative estimate of drug-likeness (QED) is 0.271. The molecule has 4 aromatic heterocycles. The molecule has 0 aliphatic heterocycles. The molecule has 0 radical (unpaired) electrons. The van der Waals surface area contributed by atoms with E-state index in [0.29, 0.717) is 38.5 Å². The molecule has 4 heterocycles. The van der Waals surface area contributed by atoms with Gasteiger partial charge >= 0.3 is 0 Å². The Morgan fingerprint density at radius 3 is 2.60 bits per heavy atom. The summed E-state index contributed by atoms with van der Waals surface area (Å²) >= 11 is 1.22. The van der Waals surface area contributed by atoms with Crippen molar-refractivity contribution in [1.29, 1.82) is 0 Å². The lowest BCUT2D eigenvalue weighted by Gasteiger charge is -2.20. The summed E-state index contributed by atoms with van der Waals surface area (Å²) in [4.78, 5) is 41.0. The average Bonchev–Trinajstić information content (AvgIpc) is 3.60. The van der Waals surface area contributed by atoms with E-state index in [1.165, 1.54) is 52.3 Å². The van der Waals surface area contributed by atoms with Gasteiger partial charge in [-0.05, 0) is 48.5 Å². The molecule has 0 bridgehead atoms. The highest BCUT2D eigenvalue weighted by molar-refractivity contribution is 7.16. The van der Waals surface area contributed by atoms with Gasteiger partial charge in [-0.25, -0.2) is 18.7 Å². The Bertz CT molecular complexity index is 1960. The number of ether oxygens (including phenoxy) is 1. The normalized spacial score (nSPS) is 11.2. The molecule has 40 heavy (non-hydrogen) atoms. The number of amides is 1. The molecular formula is C28H20F2N6O3S. The molecule has 0 atom stereocenters. The van der Waals surface area contributed by atoms with Gasteiger partial charge in [-0.3, -0.25) is 14.2 Å². The molecule has 0 aliphatic rings. The molecule has 0 spiro atoms. The number of nitrogens with zero attached hydrogens (tertiary/aromatic N) is 4. The number of hydrogen-bond donors (Lipinski definition) is 2. The Kier molecular flexibility index (Phi) is 6.23. The second-order valence-corrected chi connectivity index (χ2v) is 9.82. The highest BCUT2D eigenvalue weighted by Crippen LogP contribution is 2.33. The molecule has 2 N–H and O–H groups in total. The van der Waals surface area contributed by atoms with Gasteiger partial charge in [-0.15, -0.1) is 11.3 Å². The highest BCUT2D eigenvalue weighted by atomic mass is 32.1. The van der Waals surface area contributed by atoms with Gasteiger partial charge in [-0.2, -0.15) is 0 Å². The number of carbonyl (C=O) groups is 1. The molecule has 12 heteroatoms. The third-order valence-electron chi connectivity index (χ3n) is 6.22. The highest BCUT2D eigenvalue weighted by Gasteiger charge is 2.26. The number of pyridine rings is 2. The van der Waals surface area contributed by atoms with E-state index in [0.717, 1.165) is 6.07 Å². The van der Waals surface area contributed by atoms with Crippen molar-refractivity contribution in [3.63, 3.8) is 0 Å². The van der Waals surface area contributed by atoms with Crippen LogP contribution in [0.2, 0.25) is 0 Å². The van der Waals surface area contributed by atoms with E-state index >= 15 is 4.39 Å². The number of carbonyl (C=O) groups excluding carboxylic acids is 1. The van der Waals surface area contributed by atoms with Crippen LogP contribution >= 0.6 is 11.3 Å². The summed E-state index contributed by atoms with van der Waals surface area (Å²) in [7, 11) is 3.39. The van der Waals surface area contributed by atoms with Crippen molar-refractivity contribution in [2.45, 2.75) is 0 Å². The van der Waals surface area contributed by atoms with Gasteiger partial charge in [0.15, 0.2) is 11.6 Å². The standard InChI is InChI=1S/C28H20F2N6O3S/c1-35(2)24-22(27(38)36(28-23(24)33-14-40-28)17-6-3-15(29)4-7-17)26(37)34-16-5-8-21(19(30)13-16)39-20-10-12-32-25-18(20)9-11-31-25/h3-14H,1-2H3,(H,31,32)(H,34,37). The Hall–Kier alpha value is -5.10. The van der Waals surface area contributed by atoms with Gasteiger partial charge in [0, 0.05) is 38.2 Å². The van der Waals surface area contributed by atoms with Crippen LogP contribution < -0.4 is 20.5 Å². The number of thiazole rings is 1. The number of hydrogen-bond acceptors (Lipinski definition) is 7. The number of nitrogens with one attached hydrogen (secondary N) is 2. The second kappa shape index (κ2) is 9.89. The number of rotatable bonds is 6. The first-order valence-electron chi connectivity index (χ1n) is 12.0. The van der Waals surface area contributed by atoms with Gasteiger partial charge in [-0.1, -0.05) is 0 Å². The summed E-state index contributed by atoms with van der Waals surface area (Å²) in [6, 6.07) is 12.7. The van der Waals surface area contributed by atoms with Crippen molar-refractivity contribution in [2.75, 3.05) is 24.3 Å². The Labute approximate surface area is 229 Å². The second-order valence-electron chi connectivity index (χ2n) is 8.99. The molecule has 200 valence electrons. The summed E-state index contributed by atoms with van der Waals surface area (Å²) in [5, 5.41) is 3.31. The van der Waals surface area contributed by atoms with Crippen LogP contribution in [-0.4, -0.2) is 39.5 Å². The molecule has 0 fully saturated rings. The molecule has 0 unspecified atom stereocenters. The fourth-order valence-corrected chi connectivity index (χ4v) is 5.26. The molecule has 0 saturated heterocycles. The Morgan fingerprint density at radius 2 is 1.85 bits per heavy atom. The minimum absolute atomic E-state index is 0.0526. The fourth-order valence-electron chi connectivity index (χ4n) is 4.45. The van der Waals surface area contributed by atoms with Crippen LogP contribution in [0.3, 0.4) is 0 Å². The van der Waals surface area contributed by atoms with Gasteiger partial charge in [0.1, 0.15) is 33.1 Å². The summed E-state index contributed by atoms with van der Waals surface area (Å²) in [6.07, 6.45) is 3.25. The maximum atomic E-state index is 15.1. The van der Waals surface area contributed by atoms with E-state index in [2.05, 4.69) is 20.3 Å². The van der Waals surface area contributed by atoms with Crippen molar-refractivity contribution < 1.29 is 18.3 Å². The Balaban J connectivity index is 1.37. The van der Waals surface area contributed by atoms with Gasteiger partial charge in [0.25, 0.3) is 11.5 Å². The Morgan fingerprint density at radius 1 is 1.05 bits per heavy atom. The van der Waals surface area contributed by atoms with Crippen LogP contribution in [0.5, 0.6) is 11.5 Å². The zero-order valence-electron chi connectivity index (χ0n) is 21.1. The summed E-state index contributed by atoms with van der Waals surface area (Å²) in [5.74, 6) is -1.57. The first-order chi connectivity index (χ1) is 19.3. The lowest BCUT2D eigenvalue weighted by Crippen LogP contribution is -2.32. The van der Waals surface area contributed by atoms with E-state index in [4.69, 9.17) is 4.74 Å². The number of fused-ring (bicyclic) bond motifs is 2. The average molecular weight is 559 g/mol. The van der Waals surface area contributed by atoms with Gasteiger partial charge < -0.3 is 19.9 Å². The minimum Gasteiger partial charge on any atom is -0.453 e. The smallest absolute Gasteiger partial charge is 0.271 e. The minimum atomic E-state index is -0.754. The lowest BCUT2D eigenvalue weighted by molar-refractivity contribution is 0.102. The molecule has 1 amide bonds. The zero-order valence-corrected chi connectivity index (χ0v) is 21.9. The molecule has 0 saturated carbocycles. The van der Waals surface area contributed by atoms with Gasteiger partial charge in [0.2, 0.25) is 0 Å². The van der Waals surface area contributed by atoms with Crippen LogP contribution in [0.1, 0.15) is 10.4 Å². The van der Waals surface area contributed by atoms with E-state index in [-0.39, 0.29) is 17.0 Å². The van der Waals surface area contributed by atoms with Crippen molar-refractivity contribution in [3.8, 4) is 17.2 Å². The van der Waals surface area contributed by atoms with Gasteiger partial charge in [0.05, 0.1) is 22.3 Å². The zero-order chi connectivity index (χ0) is 28.0. The van der Waals surface area contributed by atoms with Crippen LogP contribution in [0, 0.1) is 11.6 Å². The molecule has 2 aromatic carbocycles. The maximum absolute atomic E-state index is 15.1. The van der Waals surface area contributed by atoms with Crippen LogP contribution in [0.4, 0.5) is 20.2 Å². The van der Waals surface area contributed by atoms with E-state index in [1.54, 1.807) is 49.0 Å². The molecule has 0 aliphatic carbocycles. The first-order valence-corrected chi connectivity index (χ1v) is 12.9. The monoisotopic (exact) mass is 558 g/mol. The molecule has 6 rings (SSSR count).